The number of rotatable bonds is 4. The van der Waals surface area contributed by atoms with Crippen LogP contribution in [-0.4, -0.2) is 19.1 Å². The Bertz CT molecular complexity index is 703. The second-order valence-corrected chi connectivity index (χ2v) is 7.41. The highest BCUT2D eigenvalue weighted by Crippen LogP contribution is 2.22. The monoisotopic (exact) mass is 339 g/mol. The van der Waals surface area contributed by atoms with Crippen LogP contribution in [0.1, 0.15) is 50.5 Å². The lowest BCUT2D eigenvalue weighted by Gasteiger charge is -2.11. The molecule has 1 aromatic rings. The molecule has 1 aliphatic carbocycles. The van der Waals surface area contributed by atoms with Crippen LogP contribution in [0.5, 0.6) is 0 Å². The van der Waals surface area contributed by atoms with Gasteiger partial charge in [0.15, 0.2) is 0 Å². The number of nitrogens with zero attached hydrogens (tertiary/aromatic N) is 2. The highest BCUT2D eigenvalue weighted by Gasteiger charge is 2.19. The summed E-state index contributed by atoms with van der Waals surface area (Å²) in [5.74, 6) is 0. The summed E-state index contributed by atoms with van der Waals surface area (Å²) in [6.45, 7) is 1.57. The van der Waals surface area contributed by atoms with Crippen LogP contribution in [0.25, 0.3) is 0 Å². The minimum Gasteiger partial charge on any atom is -0.258 e. The maximum Gasteiger partial charge on any atom is 0.276 e. The molecule has 0 atom stereocenters. The van der Waals surface area contributed by atoms with E-state index in [4.69, 9.17) is 0 Å². The van der Waals surface area contributed by atoms with Crippen molar-refractivity contribution in [3.8, 4) is 0 Å². The van der Waals surface area contributed by atoms with Crippen molar-refractivity contribution in [1.82, 2.24) is 4.83 Å². The molecule has 0 saturated heterocycles. The van der Waals surface area contributed by atoms with Gasteiger partial charge in [0.05, 0.1) is 9.82 Å². The largest absolute Gasteiger partial charge is 0.276 e. The lowest BCUT2D eigenvalue weighted by molar-refractivity contribution is -0.385. The average Bonchev–Trinajstić information content (AvgIpc) is 2.46. The normalized spacial score (nSPS) is 16.3. The fraction of sp³-hybridized carbons (Fsp3) is 0.533. The van der Waals surface area contributed by atoms with E-state index in [2.05, 4.69) is 9.93 Å². The summed E-state index contributed by atoms with van der Waals surface area (Å²) in [6.07, 6.45) is 7.08. The maximum absolute atomic E-state index is 12.3. The minimum atomic E-state index is -3.90. The van der Waals surface area contributed by atoms with Crippen LogP contribution < -0.4 is 4.83 Å². The molecule has 7 nitrogen and oxygen atoms in total. The second-order valence-electron chi connectivity index (χ2n) is 5.75. The van der Waals surface area contributed by atoms with E-state index in [1.807, 2.05) is 0 Å². The Morgan fingerprint density at radius 2 is 1.74 bits per heavy atom. The molecule has 0 radical (unpaired) electrons. The quantitative estimate of drug-likeness (QED) is 0.671. The minimum absolute atomic E-state index is 0.148. The van der Waals surface area contributed by atoms with Crippen molar-refractivity contribution in [3.63, 3.8) is 0 Å². The Hall–Kier alpha value is -1.96. The van der Waals surface area contributed by atoms with Gasteiger partial charge in [0.1, 0.15) is 0 Å². The fourth-order valence-electron chi connectivity index (χ4n) is 2.56. The first-order valence-corrected chi connectivity index (χ1v) is 9.21. The summed E-state index contributed by atoms with van der Waals surface area (Å²) in [7, 11) is -3.90. The van der Waals surface area contributed by atoms with Crippen molar-refractivity contribution in [2.45, 2.75) is 56.8 Å². The number of sulfonamides is 1. The first-order valence-electron chi connectivity index (χ1n) is 7.72. The van der Waals surface area contributed by atoms with Gasteiger partial charge < -0.3 is 0 Å². The van der Waals surface area contributed by atoms with Gasteiger partial charge in [0, 0.05) is 17.3 Å². The number of nitro benzene ring substituents is 1. The van der Waals surface area contributed by atoms with Crippen LogP contribution >= 0.6 is 0 Å². The van der Waals surface area contributed by atoms with Gasteiger partial charge >= 0.3 is 0 Å². The molecule has 1 N–H and O–H groups in total. The molecule has 0 aromatic heterocycles. The van der Waals surface area contributed by atoms with Crippen molar-refractivity contribution in [2.75, 3.05) is 0 Å². The average molecular weight is 339 g/mol. The number of hydrazone groups is 1. The predicted molar refractivity (Wildman–Crippen MR) is 87.9 cm³/mol. The summed E-state index contributed by atoms with van der Waals surface area (Å²) in [6, 6.07) is 3.84. The summed E-state index contributed by atoms with van der Waals surface area (Å²) in [4.78, 5) is 12.4. The Labute approximate surface area is 136 Å². The SMILES string of the molecule is Cc1ccc(S(=O)(=O)NN=C2CCCCCCC2)cc1[N+](=O)[O-]. The standard InChI is InChI=1S/C15H21N3O4S/c1-12-9-10-14(11-15(12)18(19)20)23(21,22)17-16-13-7-5-3-2-4-6-8-13/h9-11,17H,2-8H2,1H3. The van der Waals surface area contributed by atoms with Gasteiger partial charge in [-0.25, -0.2) is 4.83 Å². The summed E-state index contributed by atoms with van der Waals surface area (Å²) in [5.41, 5.74) is 1.04. The lowest BCUT2D eigenvalue weighted by Crippen LogP contribution is -2.21. The van der Waals surface area contributed by atoms with Crippen LogP contribution in [0, 0.1) is 17.0 Å². The van der Waals surface area contributed by atoms with Gasteiger partial charge in [0.25, 0.3) is 15.7 Å². The molecule has 0 amide bonds. The fourth-order valence-corrected chi connectivity index (χ4v) is 3.42. The zero-order valence-corrected chi connectivity index (χ0v) is 13.9. The van der Waals surface area contributed by atoms with Gasteiger partial charge in [-0.3, -0.25) is 10.1 Å². The van der Waals surface area contributed by atoms with Gasteiger partial charge in [0.2, 0.25) is 0 Å². The molecular formula is C15H21N3O4S. The van der Waals surface area contributed by atoms with Crippen molar-refractivity contribution >= 4 is 21.4 Å². The van der Waals surface area contributed by atoms with E-state index >= 15 is 0 Å². The van der Waals surface area contributed by atoms with Gasteiger partial charge in [-0.1, -0.05) is 25.3 Å². The topological polar surface area (TPSA) is 102 Å². The van der Waals surface area contributed by atoms with Crippen molar-refractivity contribution < 1.29 is 13.3 Å². The smallest absolute Gasteiger partial charge is 0.258 e. The molecule has 1 saturated carbocycles. The van der Waals surface area contributed by atoms with Crippen molar-refractivity contribution in [2.24, 2.45) is 5.10 Å². The lowest BCUT2D eigenvalue weighted by atomic mass is 9.99. The predicted octanol–water partition coefficient (Wildman–Crippen LogP) is 3.28. The Balaban J connectivity index is 2.18. The summed E-state index contributed by atoms with van der Waals surface area (Å²) >= 11 is 0. The third-order valence-electron chi connectivity index (χ3n) is 3.94. The van der Waals surface area contributed by atoms with Crippen LogP contribution in [0.15, 0.2) is 28.2 Å². The van der Waals surface area contributed by atoms with Crippen LogP contribution in [0.2, 0.25) is 0 Å². The van der Waals surface area contributed by atoms with Crippen LogP contribution in [0.3, 0.4) is 0 Å². The summed E-state index contributed by atoms with van der Waals surface area (Å²) in [5, 5.41) is 15.0. The third kappa shape index (κ3) is 4.75. The molecule has 0 aliphatic heterocycles. The molecule has 0 spiro atoms. The van der Waals surface area contributed by atoms with E-state index < -0.39 is 14.9 Å². The van der Waals surface area contributed by atoms with Crippen molar-refractivity contribution in [3.05, 3.63) is 33.9 Å². The number of nitro groups is 1. The first-order chi connectivity index (χ1) is 10.9. The van der Waals surface area contributed by atoms with Crippen LogP contribution in [-0.2, 0) is 10.0 Å². The van der Waals surface area contributed by atoms with E-state index in [0.717, 1.165) is 50.3 Å². The Morgan fingerprint density at radius 3 is 2.35 bits per heavy atom. The molecule has 0 unspecified atom stereocenters. The number of nitrogens with one attached hydrogen (secondary N) is 1. The van der Waals surface area contributed by atoms with E-state index in [1.54, 1.807) is 6.92 Å². The number of hydrogen-bond acceptors (Lipinski definition) is 5. The highest BCUT2D eigenvalue weighted by atomic mass is 32.2. The van der Waals surface area contributed by atoms with Gasteiger partial charge in [-0.05, 0) is 38.7 Å². The molecular weight excluding hydrogens is 318 g/mol. The molecule has 1 aliphatic rings. The molecule has 126 valence electrons. The molecule has 8 heteroatoms. The van der Waals surface area contributed by atoms with Gasteiger partial charge in [-0.2, -0.15) is 13.5 Å². The number of aryl methyl sites for hydroxylation is 1. The Morgan fingerprint density at radius 1 is 1.13 bits per heavy atom. The zero-order valence-electron chi connectivity index (χ0n) is 13.1. The van der Waals surface area contributed by atoms with Gasteiger partial charge in [-0.15, -0.1) is 0 Å². The maximum atomic E-state index is 12.3. The molecule has 1 fully saturated rings. The van der Waals surface area contributed by atoms with E-state index in [-0.39, 0.29) is 10.6 Å². The van der Waals surface area contributed by atoms with Crippen molar-refractivity contribution in [1.29, 1.82) is 0 Å². The zero-order chi connectivity index (χ0) is 16.9. The highest BCUT2D eigenvalue weighted by molar-refractivity contribution is 7.89. The summed E-state index contributed by atoms with van der Waals surface area (Å²) < 4.78 is 24.5. The van der Waals surface area contributed by atoms with E-state index in [9.17, 15) is 18.5 Å². The number of hydrogen-bond donors (Lipinski definition) is 1. The molecule has 1 aromatic carbocycles. The molecule has 2 rings (SSSR count). The molecule has 0 heterocycles. The molecule has 0 bridgehead atoms. The van der Waals surface area contributed by atoms with Crippen LogP contribution in [0.4, 0.5) is 5.69 Å². The third-order valence-corrected chi connectivity index (χ3v) is 5.15. The first kappa shape index (κ1) is 17.4. The second kappa shape index (κ2) is 7.54. The Kier molecular flexibility index (Phi) is 5.70. The van der Waals surface area contributed by atoms with E-state index in [1.165, 1.54) is 18.6 Å². The molecule has 23 heavy (non-hydrogen) atoms. The number of benzene rings is 1. The van der Waals surface area contributed by atoms with E-state index in [0.29, 0.717) is 5.56 Å².